The van der Waals surface area contributed by atoms with Crippen molar-refractivity contribution in [1.82, 2.24) is 19.5 Å². The average molecular weight is 264 g/mol. The number of nitrogen functional groups attached to an aromatic ring is 1. The molecule has 0 saturated carbocycles. The van der Waals surface area contributed by atoms with Gasteiger partial charge >= 0.3 is 0 Å². The number of para-hydroxylation sites is 1. The minimum absolute atomic E-state index is 0. The molecular formula is C11H10ClN5O. The van der Waals surface area contributed by atoms with E-state index < -0.39 is 0 Å². The van der Waals surface area contributed by atoms with E-state index in [1.54, 1.807) is 12.1 Å². The molecule has 6 nitrogen and oxygen atoms in total. The van der Waals surface area contributed by atoms with Crippen LogP contribution in [0, 0.1) is 0 Å². The molecule has 0 fully saturated rings. The van der Waals surface area contributed by atoms with Gasteiger partial charge in [-0.15, -0.1) is 12.4 Å². The van der Waals surface area contributed by atoms with E-state index in [0.29, 0.717) is 16.9 Å². The molecular weight excluding hydrogens is 254 g/mol. The Kier molecular flexibility index (Phi) is 3.03. The molecule has 0 aliphatic heterocycles. The number of benzene rings is 1. The fourth-order valence-corrected chi connectivity index (χ4v) is 1.73. The van der Waals surface area contributed by atoms with Crippen LogP contribution in [0.3, 0.4) is 0 Å². The predicted octanol–water partition coefficient (Wildman–Crippen LogP) is 1.11. The van der Waals surface area contributed by atoms with E-state index in [0.717, 1.165) is 0 Å². The first-order valence-electron chi connectivity index (χ1n) is 5.04. The van der Waals surface area contributed by atoms with Gasteiger partial charge in [-0.05, 0) is 12.1 Å². The largest absolute Gasteiger partial charge is 0.369 e. The highest BCUT2D eigenvalue weighted by molar-refractivity contribution is 5.85. The second-order valence-corrected chi connectivity index (χ2v) is 3.55. The Labute approximate surface area is 108 Å². The predicted molar refractivity (Wildman–Crippen MR) is 71.1 cm³/mol. The molecule has 0 unspecified atom stereocenters. The fraction of sp³-hybridized carbons (Fsp3) is 0. The first kappa shape index (κ1) is 12.1. The lowest BCUT2D eigenvalue weighted by molar-refractivity contribution is 0.976. The number of imidazole rings is 1. The topological polar surface area (TPSA) is 89.6 Å². The van der Waals surface area contributed by atoms with Crippen LogP contribution in [0.2, 0.25) is 0 Å². The molecule has 0 aliphatic carbocycles. The van der Waals surface area contributed by atoms with Crippen molar-refractivity contribution in [2.24, 2.45) is 0 Å². The third-order valence-electron chi connectivity index (χ3n) is 2.50. The number of nitrogens with one attached hydrogen (secondary N) is 1. The van der Waals surface area contributed by atoms with Crippen LogP contribution < -0.4 is 11.3 Å². The zero-order valence-corrected chi connectivity index (χ0v) is 10.0. The van der Waals surface area contributed by atoms with E-state index in [1.165, 1.54) is 10.9 Å². The number of hydrogen-bond donors (Lipinski definition) is 2. The van der Waals surface area contributed by atoms with Crippen LogP contribution in [0.25, 0.3) is 16.9 Å². The van der Waals surface area contributed by atoms with Gasteiger partial charge in [0.15, 0.2) is 11.2 Å². The highest BCUT2D eigenvalue weighted by Gasteiger charge is 2.11. The van der Waals surface area contributed by atoms with E-state index in [4.69, 9.17) is 5.73 Å². The molecule has 2 aromatic heterocycles. The minimum Gasteiger partial charge on any atom is -0.369 e. The molecule has 0 bridgehead atoms. The summed E-state index contributed by atoms with van der Waals surface area (Å²) in [6.45, 7) is 0. The number of H-pyrrole nitrogens is 1. The Morgan fingerprint density at radius 1 is 1.22 bits per heavy atom. The number of hydrogen-bond acceptors (Lipinski definition) is 4. The monoisotopic (exact) mass is 263 g/mol. The fourth-order valence-electron chi connectivity index (χ4n) is 1.73. The molecule has 92 valence electrons. The van der Waals surface area contributed by atoms with Crippen LogP contribution in [0.1, 0.15) is 0 Å². The molecule has 0 amide bonds. The molecule has 2 heterocycles. The van der Waals surface area contributed by atoms with Crippen molar-refractivity contribution in [2.75, 3.05) is 5.73 Å². The highest BCUT2D eigenvalue weighted by atomic mass is 35.5. The Bertz CT molecular complexity index is 734. The molecule has 18 heavy (non-hydrogen) atoms. The Morgan fingerprint density at radius 2 is 1.94 bits per heavy atom. The molecule has 0 spiro atoms. The quantitative estimate of drug-likeness (QED) is 0.688. The number of anilines is 1. The molecule has 3 N–H and O–H groups in total. The van der Waals surface area contributed by atoms with Crippen molar-refractivity contribution in [1.29, 1.82) is 0 Å². The maximum Gasteiger partial charge on any atom is 0.285 e. The molecule has 0 atom stereocenters. The number of fused-ring (bicyclic) bond motifs is 1. The molecule has 0 saturated heterocycles. The molecule has 0 aliphatic rings. The second kappa shape index (κ2) is 4.50. The van der Waals surface area contributed by atoms with E-state index in [2.05, 4.69) is 15.0 Å². The summed E-state index contributed by atoms with van der Waals surface area (Å²) in [6.07, 6.45) is 1.42. The van der Waals surface area contributed by atoms with Gasteiger partial charge in [0.1, 0.15) is 0 Å². The molecule has 1 aromatic carbocycles. The normalized spacial score (nSPS) is 10.2. The number of nitrogens with zero attached hydrogens (tertiary/aromatic N) is 3. The van der Waals surface area contributed by atoms with Gasteiger partial charge in [-0.2, -0.15) is 4.98 Å². The van der Waals surface area contributed by atoms with Crippen LogP contribution in [0.5, 0.6) is 0 Å². The van der Waals surface area contributed by atoms with E-state index in [-0.39, 0.29) is 23.9 Å². The maximum absolute atomic E-state index is 12.2. The number of nitrogens with two attached hydrogens (primary N) is 1. The molecule has 7 heteroatoms. The highest BCUT2D eigenvalue weighted by Crippen LogP contribution is 2.10. The van der Waals surface area contributed by atoms with Gasteiger partial charge in [-0.1, -0.05) is 18.2 Å². The Morgan fingerprint density at radius 3 is 2.67 bits per heavy atom. The summed E-state index contributed by atoms with van der Waals surface area (Å²) in [5.41, 5.74) is 6.89. The summed E-state index contributed by atoms with van der Waals surface area (Å²) in [5.74, 6) is 0.126. The van der Waals surface area contributed by atoms with Gasteiger partial charge in [0.25, 0.3) is 5.56 Å². The van der Waals surface area contributed by atoms with Crippen molar-refractivity contribution >= 4 is 29.5 Å². The summed E-state index contributed by atoms with van der Waals surface area (Å²) in [4.78, 5) is 22.9. The van der Waals surface area contributed by atoms with Crippen LogP contribution >= 0.6 is 12.4 Å². The summed E-state index contributed by atoms with van der Waals surface area (Å²) in [6, 6.07) is 9.12. The molecule has 3 rings (SSSR count). The first-order valence-corrected chi connectivity index (χ1v) is 5.04. The minimum atomic E-state index is -0.254. The first-order chi connectivity index (χ1) is 8.27. The van der Waals surface area contributed by atoms with Gasteiger partial charge in [0, 0.05) is 0 Å². The van der Waals surface area contributed by atoms with Crippen molar-refractivity contribution < 1.29 is 0 Å². The smallest absolute Gasteiger partial charge is 0.285 e. The van der Waals surface area contributed by atoms with Crippen LogP contribution in [-0.4, -0.2) is 19.5 Å². The van der Waals surface area contributed by atoms with E-state index in [1.807, 2.05) is 18.2 Å². The Hall–Kier alpha value is -2.34. The third kappa shape index (κ3) is 1.72. The van der Waals surface area contributed by atoms with E-state index in [9.17, 15) is 4.79 Å². The van der Waals surface area contributed by atoms with Gasteiger partial charge in [-0.3, -0.25) is 4.79 Å². The van der Waals surface area contributed by atoms with Gasteiger partial charge in [0.05, 0.1) is 12.0 Å². The lowest BCUT2D eigenvalue weighted by Crippen LogP contribution is -2.23. The number of aromatic amines is 1. The summed E-state index contributed by atoms with van der Waals surface area (Å²) < 4.78 is 1.35. The number of rotatable bonds is 1. The summed E-state index contributed by atoms with van der Waals surface area (Å²) in [7, 11) is 0. The zero-order chi connectivity index (χ0) is 11.8. The van der Waals surface area contributed by atoms with E-state index >= 15 is 0 Å². The van der Waals surface area contributed by atoms with Crippen LogP contribution in [-0.2, 0) is 0 Å². The second-order valence-electron chi connectivity index (χ2n) is 3.55. The summed E-state index contributed by atoms with van der Waals surface area (Å²) >= 11 is 0. The van der Waals surface area contributed by atoms with Crippen LogP contribution in [0.15, 0.2) is 41.5 Å². The number of halogens is 1. The standard InChI is InChI=1S/C11H9N5O.ClH/c12-11-15-9-8(13-6-14-9)10(17)16(11)7-4-2-1-3-5-7;/h1-6H,(H2,12,15)(H,13,14);1H. The third-order valence-corrected chi connectivity index (χ3v) is 2.50. The van der Waals surface area contributed by atoms with Crippen molar-refractivity contribution in [2.45, 2.75) is 0 Å². The Balaban J connectivity index is 0.00000120. The van der Waals surface area contributed by atoms with Crippen LogP contribution in [0.4, 0.5) is 5.95 Å². The zero-order valence-electron chi connectivity index (χ0n) is 9.20. The maximum atomic E-state index is 12.2. The summed E-state index contributed by atoms with van der Waals surface area (Å²) in [5, 5.41) is 0. The van der Waals surface area contributed by atoms with Crippen molar-refractivity contribution in [3.63, 3.8) is 0 Å². The lowest BCUT2D eigenvalue weighted by Gasteiger charge is -2.07. The van der Waals surface area contributed by atoms with Crippen molar-refractivity contribution in [3.8, 4) is 5.69 Å². The van der Waals surface area contributed by atoms with Gasteiger partial charge < -0.3 is 10.7 Å². The van der Waals surface area contributed by atoms with Gasteiger partial charge in [-0.25, -0.2) is 9.55 Å². The van der Waals surface area contributed by atoms with Gasteiger partial charge in [0.2, 0.25) is 5.95 Å². The average Bonchev–Trinajstić information content (AvgIpc) is 2.78. The molecule has 3 aromatic rings. The van der Waals surface area contributed by atoms with Crippen molar-refractivity contribution in [3.05, 3.63) is 47.0 Å². The molecule has 0 radical (unpaired) electrons. The lowest BCUT2D eigenvalue weighted by atomic mass is 10.3. The SMILES string of the molecule is Cl.Nc1nc2nc[nH]c2c(=O)n1-c1ccccc1. The number of aromatic nitrogens is 4.